The average molecular weight is 222 g/mol. The lowest BCUT2D eigenvalue weighted by molar-refractivity contribution is 0.0992. The highest BCUT2D eigenvalue weighted by Crippen LogP contribution is 2.11. The lowest BCUT2D eigenvalue weighted by atomic mass is 10.0. The predicted octanol–water partition coefficient (Wildman–Crippen LogP) is 2.38. The molecule has 0 saturated heterocycles. The van der Waals surface area contributed by atoms with E-state index in [1.165, 1.54) is 6.20 Å². The van der Waals surface area contributed by atoms with E-state index < -0.39 is 0 Å². The van der Waals surface area contributed by atoms with E-state index in [9.17, 15) is 4.79 Å². The minimum atomic E-state index is -0.0270. The zero-order valence-electron chi connectivity index (χ0n) is 9.13. The summed E-state index contributed by atoms with van der Waals surface area (Å²) in [5.41, 5.74) is 1.87. The van der Waals surface area contributed by atoms with Crippen LogP contribution < -0.4 is 0 Å². The van der Waals surface area contributed by atoms with Crippen LogP contribution in [0.2, 0.25) is 0 Å². The Morgan fingerprint density at radius 3 is 2.76 bits per heavy atom. The van der Waals surface area contributed by atoms with Crippen molar-refractivity contribution in [1.29, 1.82) is 5.26 Å². The molecule has 0 amide bonds. The molecule has 82 valence electrons. The molecule has 0 aliphatic rings. The summed E-state index contributed by atoms with van der Waals surface area (Å²) in [6.07, 6.45) is 3.40. The largest absolute Gasteiger partial charge is 0.294 e. The van der Waals surface area contributed by atoms with Crippen LogP contribution in [0.15, 0.2) is 48.8 Å². The van der Waals surface area contributed by atoms with E-state index in [1.807, 2.05) is 6.07 Å². The van der Waals surface area contributed by atoms with E-state index in [4.69, 9.17) is 5.26 Å². The first-order valence-electron chi connectivity index (χ1n) is 5.22. The Hall–Kier alpha value is -2.47. The monoisotopic (exact) mass is 222 g/mol. The Bertz CT molecular complexity index is 570. The maximum atomic E-state index is 11.9. The number of ketones is 1. The number of pyridine rings is 1. The number of hydrogen-bond donors (Lipinski definition) is 0. The van der Waals surface area contributed by atoms with Gasteiger partial charge in [0.15, 0.2) is 5.78 Å². The smallest absolute Gasteiger partial charge is 0.168 e. The van der Waals surface area contributed by atoms with Crippen molar-refractivity contribution in [3.05, 3.63) is 65.5 Å². The van der Waals surface area contributed by atoms with Crippen LogP contribution in [-0.2, 0) is 6.42 Å². The predicted molar refractivity (Wildman–Crippen MR) is 63.4 cm³/mol. The van der Waals surface area contributed by atoms with E-state index in [0.29, 0.717) is 11.1 Å². The normalized spacial score (nSPS) is 9.59. The third-order valence-corrected chi connectivity index (χ3v) is 2.47. The van der Waals surface area contributed by atoms with Gasteiger partial charge < -0.3 is 0 Å². The van der Waals surface area contributed by atoms with Crippen molar-refractivity contribution in [3.8, 4) is 6.07 Å². The molecular formula is C14H10N2O. The van der Waals surface area contributed by atoms with Gasteiger partial charge >= 0.3 is 0 Å². The number of carbonyl (C=O) groups is 1. The van der Waals surface area contributed by atoms with Crippen molar-refractivity contribution < 1.29 is 4.79 Å². The summed E-state index contributed by atoms with van der Waals surface area (Å²) >= 11 is 0. The fraction of sp³-hybridized carbons (Fsp3) is 0.0714. The lowest BCUT2D eigenvalue weighted by Crippen LogP contribution is -2.05. The number of Topliss-reactive ketones (excluding diaryl/α,β-unsaturated/α-hetero) is 1. The molecule has 0 aliphatic carbocycles. The molecule has 0 spiro atoms. The van der Waals surface area contributed by atoms with Gasteiger partial charge in [0.1, 0.15) is 0 Å². The van der Waals surface area contributed by atoms with E-state index in [1.54, 1.807) is 36.5 Å². The first-order chi connectivity index (χ1) is 8.31. The summed E-state index contributed by atoms with van der Waals surface area (Å²) in [4.78, 5) is 15.8. The summed E-state index contributed by atoms with van der Waals surface area (Å²) < 4.78 is 0. The number of hydrogen-bond acceptors (Lipinski definition) is 3. The van der Waals surface area contributed by atoms with Gasteiger partial charge in [-0.25, -0.2) is 0 Å². The van der Waals surface area contributed by atoms with Gasteiger partial charge in [-0.2, -0.15) is 5.26 Å². The molecule has 1 aromatic carbocycles. The molecule has 0 saturated carbocycles. The van der Waals surface area contributed by atoms with Crippen molar-refractivity contribution in [3.63, 3.8) is 0 Å². The van der Waals surface area contributed by atoms with Crippen LogP contribution in [-0.4, -0.2) is 10.8 Å². The van der Waals surface area contributed by atoms with Crippen LogP contribution in [0.3, 0.4) is 0 Å². The van der Waals surface area contributed by atoms with Crippen molar-refractivity contribution in [2.45, 2.75) is 6.42 Å². The maximum Gasteiger partial charge on any atom is 0.168 e. The number of benzene rings is 1. The Balaban J connectivity index is 2.23. The second-order valence-electron chi connectivity index (χ2n) is 3.61. The van der Waals surface area contributed by atoms with E-state index in [0.717, 1.165) is 5.56 Å². The molecule has 0 aliphatic heterocycles. The third kappa shape index (κ3) is 2.56. The van der Waals surface area contributed by atoms with E-state index in [-0.39, 0.29) is 12.2 Å². The molecule has 1 aromatic heterocycles. The standard InChI is InChI=1S/C14H10N2O/c15-9-12-5-2-1-4-11(12)8-14(17)13-6-3-7-16-10-13/h1-7,10H,8H2. The van der Waals surface area contributed by atoms with Gasteiger partial charge in [0.2, 0.25) is 0 Å². The number of nitrogens with zero attached hydrogens (tertiary/aromatic N) is 2. The summed E-state index contributed by atoms with van der Waals surface area (Å²) in [6, 6.07) is 12.7. The van der Waals surface area contributed by atoms with Crippen LogP contribution in [0.25, 0.3) is 0 Å². The minimum Gasteiger partial charge on any atom is -0.294 e. The molecular weight excluding hydrogens is 212 g/mol. The molecule has 2 rings (SSSR count). The van der Waals surface area contributed by atoms with Gasteiger partial charge in [0, 0.05) is 24.4 Å². The number of rotatable bonds is 3. The highest BCUT2D eigenvalue weighted by atomic mass is 16.1. The zero-order chi connectivity index (χ0) is 12.1. The fourth-order valence-corrected chi connectivity index (χ4v) is 1.59. The summed E-state index contributed by atoms with van der Waals surface area (Å²) in [6.45, 7) is 0. The van der Waals surface area contributed by atoms with Crippen molar-refractivity contribution in [1.82, 2.24) is 4.98 Å². The van der Waals surface area contributed by atoms with Gasteiger partial charge in [0.05, 0.1) is 11.6 Å². The first kappa shape index (κ1) is 11.0. The molecule has 0 radical (unpaired) electrons. The molecule has 3 heteroatoms. The number of nitriles is 1. The molecule has 3 nitrogen and oxygen atoms in total. The molecule has 0 bridgehead atoms. The zero-order valence-corrected chi connectivity index (χ0v) is 9.13. The van der Waals surface area contributed by atoms with Crippen LogP contribution >= 0.6 is 0 Å². The minimum absolute atomic E-state index is 0.0270. The Kier molecular flexibility index (Phi) is 3.27. The molecule has 1 heterocycles. The maximum absolute atomic E-state index is 11.9. The Morgan fingerprint density at radius 2 is 2.06 bits per heavy atom. The molecule has 0 unspecified atom stereocenters. The molecule has 17 heavy (non-hydrogen) atoms. The molecule has 0 atom stereocenters. The molecule has 2 aromatic rings. The SMILES string of the molecule is N#Cc1ccccc1CC(=O)c1cccnc1. The van der Waals surface area contributed by atoms with Crippen LogP contribution in [0.4, 0.5) is 0 Å². The fourth-order valence-electron chi connectivity index (χ4n) is 1.59. The molecule has 0 N–H and O–H groups in total. The number of aromatic nitrogens is 1. The van der Waals surface area contributed by atoms with Crippen LogP contribution in [0, 0.1) is 11.3 Å². The Labute approximate surface area is 99.4 Å². The highest BCUT2D eigenvalue weighted by molar-refractivity contribution is 5.97. The number of carbonyl (C=O) groups excluding carboxylic acids is 1. The average Bonchev–Trinajstić information content (AvgIpc) is 2.40. The lowest BCUT2D eigenvalue weighted by Gasteiger charge is -2.02. The van der Waals surface area contributed by atoms with Gasteiger partial charge in [-0.1, -0.05) is 18.2 Å². The van der Waals surface area contributed by atoms with Crippen molar-refractivity contribution in [2.75, 3.05) is 0 Å². The second kappa shape index (κ2) is 5.04. The van der Waals surface area contributed by atoms with Crippen LogP contribution in [0.5, 0.6) is 0 Å². The quantitative estimate of drug-likeness (QED) is 0.749. The van der Waals surface area contributed by atoms with Gasteiger partial charge in [-0.05, 0) is 23.8 Å². The van der Waals surface area contributed by atoms with E-state index in [2.05, 4.69) is 11.1 Å². The second-order valence-corrected chi connectivity index (χ2v) is 3.61. The third-order valence-electron chi connectivity index (χ3n) is 2.47. The van der Waals surface area contributed by atoms with Gasteiger partial charge in [-0.15, -0.1) is 0 Å². The molecule has 0 fully saturated rings. The highest BCUT2D eigenvalue weighted by Gasteiger charge is 2.09. The Morgan fingerprint density at radius 1 is 1.24 bits per heavy atom. The first-order valence-corrected chi connectivity index (χ1v) is 5.22. The summed E-state index contributed by atoms with van der Waals surface area (Å²) in [5, 5.41) is 8.93. The van der Waals surface area contributed by atoms with Crippen molar-refractivity contribution >= 4 is 5.78 Å². The van der Waals surface area contributed by atoms with Crippen LogP contribution in [0.1, 0.15) is 21.5 Å². The summed E-state index contributed by atoms with van der Waals surface area (Å²) in [7, 11) is 0. The summed E-state index contributed by atoms with van der Waals surface area (Å²) in [5.74, 6) is -0.0270. The van der Waals surface area contributed by atoms with E-state index >= 15 is 0 Å². The van der Waals surface area contributed by atoms with Gasteiger partial charge in [0.25, 0.3) is 0 Å². The topological polar surface area (TPSA) is 53.8 Å². The van der Waals surface area contributed by atoms with Gasteiger partial charge in [-0.3, -0.25) is 9.78 Å². The van der Waals surface area contributed by atoms with Crippen molar-refractivity contribution in [2.24, 2.45) is 0 Å².